The number of carbonyl (C=O) groups is 2. The minimum atomic E-state index is -0.463. The Morgan fingerprint density at radius 2 is 1.89 bits per heavy atom. The molecule has 142 valence electrons. The van der Waals surface area contributed by atoms with E-state index < -0.39 is 5.92 Å². The number of nitrogens with one attached hydrogen (secondary N) is 1. The number of carbonyl (C=O) groups excluding carboxylic acids is 2. The SMILES string of the molecule is Cn1cccc1C(=O)C[C@@H](Cn1ccnc1)C(=O)NCc1ccccc1.S. The van der Waals surface area contributed by atoms with Crippen molar-refractivity contribution in [3.63, 3.8) is 0 Å². The van der Waals surface area contributed by atoms with Gasteiger partial charge in [0.2, 0.25) is 5.91 Å². The molecule has 0 saturated carbocycles. The van der Waals surface area contributed by atoms with Crippen LogP contribution in [0.3, 0.4) is 0 Å². The second kappa shape index (κ2) is 9.78. The molecule has 0 spiro atoms. The third-order valence-electron chi connectivity index (χ3n) is 4.33. The predicted octanol–water partition coefficient (Wildman–Crippen LogP) is 2.54. The average molecular weight is 385 g/mol. The van der Waals surface area contributed by atoms with E-state index in [0.29, 0.717) is 18.8 Å². The van der Waals surface area contributed by atoms with Crippen LogP contribution in [0.1, 0.15) is 22.5 Å². The zero-order valence-corrected chi connectivity index (χ0v) is 16.2. The van der Waals surface area contributed by atoms with Crippen molar-refractivity contribution in [3.8, 4) is 0 Å². The lowest BCUT2D eigenvalue weighted by atomic mass is 9.99. The number of benzene rings is 1. The van der Waals surface area contributed by atoms with E-state index in [4.69, 9.17) is 0 Å². The molecule has 3 rings (SSSR count). The van der Waals surface area contributed by atoms with Gasteiger partial charge >= 0.3 is 0 Å². The minimum Gasteiger partial charge on any atom is -0.352 e. The van der Waals surface area contributed by atoms with Crippen LogP contribution in [0.15, 0.2) is 67.4 Å². The van der Waals surface area contributed by atoms with Gasteiger partial charge in [0.1, 0.15) is 0 Å². The third kappa shape index (κ3) is 5.59. The largest absolute Gasteiger partial charge is 0.352 e. The summed E-state index contributed by atoms with van der Waals surface area (Å²) < 4.78 is 3.60. The van der Waals surface area contributed by atoms with Gasteiger partial charge in [-0.1, -0.05) is 30.3 Å². The fraction of sp³-hybridized carbons (Fsp3) is 0.250. The summed E-state index contributed by atoms with van der Waals surface area (Å²) in [6, 6.07) is 13.3. The normalized spacial score (nSPS) is 11.4. The highest BCUT2D eigenvalue weighted by Crippen LogP contribution is 2.14. The Morgan fingerprint density at radius 1 is 1.11 bits per heavy atom. The molecule has 1 aromatic carbocycles. The van der Waals surface area contributed by atoms with Gasteiger partial charge in [-0.2, -0.15) is 13.5 Å². The molecule has 7 heteroatoms. The lowest BCUT2D eigenvalue weighted by Gasteiger charge is -2.17. The molecule has 6 nitrogen and oxygen atoms in total. The summed E-state index contributed by atoms with van der Waals surface area (Å²) in [4.78, 5) is 29.4. The molecular weight excluding hydrogens is 360 g/mol. The standard InChI is InChI=1S/C20H22N4O2.H2S/c1-23-10-5-8-18(23)19(25)12-17(14-24-11-9-21-15-24)20(26)22-13-16-6-3-2-4-7-16;/h2-11,15,17H,12-14H2,1H3,(H,22,26);1H2/t17-;/m0./s1. The fourth-order valence-electron chi connectivity index (χ4n) is 2.90. The highest BCUT2D eigenvalue weighted by Gasteiger charge is 2.24. The van der Waals surface area contributed by atoms with Crippen LogP contribution in [0.25, 0.3) is 0 Å². The molecule has 0 aliphatic rings. The number of hydrogen-bond donors (Lipinski definition) is 1. The Kier molecular flexibility index (Phi) is 7.43. The maximum absolute atomic E-state index is 12.7. The van der Waals surface area contributed by atoms with E-state index in [0.717, 1.165) is 5.56 Å². The summed E-state index contributed by atoms with van der Waals surface area (Å²) in [5, 5.41) is 2.95. The molecule has 0 aliphatic heterocycles. The Balaban J connectivity index is 0.00000261. The zero-order valence-electron chi connectivity index (χ0n) is 15.2. The van der Waals surface area contributed by atoms with E-state index in [9.17, 15) is 9.59 Å². The van der Waals surface area contributed by atoms with Crippen molar-refractivity contribution in [2.75, 3.05) is 0 Å². The Hall–Kier alpha value is -2.80. The first-order valence-corrected chi connectivity index (χ1v) is 8.55. The quantitative estimate of drug-likeness (QED) is 0.607. The summed E-state index contributed by atoms with van der Waals surface area (Å²) in [6.07, 6.45) is 7.09. The van der Waals surface area contributed by atoms with Crippen molar-refractivity contribution in [2.45, 2.75) is 19.5 Å². The van der Waals surface area contributed by atoms with Crippen molar-refractivity contribution in [2.24, 2.45) is 13.0 Å². The third-order valence-corrected chi connectivity index (χ3v) is 4.33. The van der Waals surface area contributed by atoms with E-state index in [2.05, 4.69) is 10.3 Å². The summed E-state index contributed by atoms with van der Waals surface area (Å²) in [6.45, 7) is 0.856. The summed E-state index contributed by atoms with van der Waals surface area (Å²) in [5.74, 6) is -0.641. The maximum Gasteiger partial charge on any atom is 0.225 e. The van der Waals surface area contributed by atoms with E-state index >= 15 is 0 Å². The summed E-state index contributed by atoms with van der Waals surface area (Å²) >= 11 is 0. The van der Waals surface area contributed by atoms with Crippen molar-refractivity contribution in [1.29, 1.82) is 0 Å². The van der Waals surface area contributed by atoms with Gasteiger partial charge in [-0.3, -0.25) is 9.59 Å². The van der Waals surface area contributed by atoms with Crippen LogP contribution in [-0.4, -0.2) is 25.8 Å². The van der Waals surface area contributed by atoms with Crippen LogP contribution >= 0.6 is 13.5 Å². The number of ketones is 1. The lowest BCUT2D eigenvalue weighted by molar-refractivity contribution is -0.125. The molecule has 3 aromatic rings. The highest BCUT2D eigenvalue weighted by atomic mass is 32.1. The number of Topliss-reactive ketones (excluding diaryl/α,β-unsaturated/α-hetero) is 1. The van der Waals surface area contributed by atoms with Crippen LogP contribution in [0, 0.1) is 5.92 Å². The van der Waals surface area contributed by atoms with Gasteiger partial charge in [0, 0.05) is 45.1 Å². The number of imidazole rings is 1. The topological polar surface area (TPSA) is 68.9 Å². The summed E-state index contributed by atoms with van der Waals surface area (Å²) in [5.41, 5.74) is 1.63. The van der Waals surface area contributed by atoms with Crippen LogP contribution in [-0.2, 0) is 24.9 Å². The average Bonchev–Trinajstić information content (AvgIpc) is 3.31. The van der Waals surface area contributed by atoms with Crippen LogP contribution in [0.4, 0.5) is 0 Å². The van der Waals surface area contributed by atoms with Crippen molar-refractivity contribution in [1.82, 2.24) is 19.4 Å². The Morgan fingerprint density at radius 3 is 2.52 bits per heavy atom. The van der Waals surface area contributed by atoms with E-state index in [-0.39, 0.29) is 31.6 Å². The molecule has 2 aromatic heterocycles. The van der Waals surface area contributed by atoms with E-state index in [1.54, 1.807) is 29.4 Å². The van der Waals surface area contributed by atoms with Gasteiger partial charge in [-0.25, -0.2) is 4.98 Å². The molecule has 0 bridgehead atoms. The molecule has 1 N–H and O–H groups in total. The number of nitrogens with zero attached hydrogens (tertiary/aromatic N) is 3. The van der Waals surface area contributed by atoms with Gasteiger partial charge < -0.3 is 14.5 Å². The maximum atomic E-state index is 12.7. The molecule has 0 unspecified atom stereocenters. The van der Waals surface area contributed by atoms with Crippen molar-refractivity contribution in [3.05, 3.63) is 78.6 Å². The molecule has 2 heterocycles. The Bertz CT molecular complexity index is 859. The van der Waals surface area contributed by atoms with Crippen LogP contribution < -0.4 is 5.32 Å². The molecule has 0 radical (unpaired) electrons. The molecule has 0 saturated heterocycles. The second-order valence-electron chi connectivity index (χ2n) is 6.29. The number of amides is 1. The molecule has 0 aliphatic carbocycles. The number of aromatic nitrogens is 3. The smallest absolute Gasteiger partial charge is 0.225 e. The fourth-order valence-corrected chi connectivity index (χ4v) is 2.90. The first-order valence-electron chi connectivity index (χ1n) is 8.55. The van der Waals surface area contributed by atoms with Gasteiger partial charge in [-0.05, 0) is 17.7 Å². The first-order chi connectivity index (χ1) is 12.6. The number of rotatable bonds is 8. The predicted molar refractivity (Wildman–Crippen MR) is 109 cm³/mol. The molecule has 0 fully saturated rings. The van der Waals surface area contributed by atoms with Crippen molar-refractivity contribution >= 4 is 25.2 Å². The van der Waals surface area contributed by atoms with Crippen LogP contribution in [0.2, 0.25) is 0 Å². The lowest BCUT2D eigenvalue weighted by Crippen LogP contribution is -2.34. The zero-order chi connectivity index (χ0) is 18.4. The second-order valence-corrected chi connectivity index (χ2v) is 6.29. The molecule has 1 amide bonds. The Labute approximate surface area is 165 Å². The molecule has 1 atom stereocenters. The van der Waals surface area contributed by atoms with Crippen LogP contribution in [0.5, 0.6) is 0 Å². The minimum absolute atomic E-state index is 0. The van der Waals surface area contributed by atoms with E-state index in [1.807, 2.05) is 54.2 Å². The monoisotopic (exact) mass is 384 g/mol. The van der Waals surface area contributed by atoms with Gasteiger partial charge in [0.25, 0.3) is 0 Å². The van der Waals surface area contributed by atoms with Gasteiger partial charge in [-0.15, -0.1) is 0 Å². The first kappa shape index (κ1) is 20.5. The highest BCUT2D eigenvalue weighted by molar-refractivity contribution is 7.59. The van der Waals surface area contributed by atoms with Gasteiger partial charge in [0.05, 0.1) is 17.9 Å². The van der Waals surface area contributed by atoms with Gasteiger partial charge in [0.15, 0.2) is 5.78 Å². The van der Waals surface area contributed by atoms with E-state index in [1.165, 1.54) is 0 Å². The molecule has 27 heavy (non-hydrogen) atoms. The van der Waals surface area contributed by atoms with Crippen molar-refractivity contribution < 1.29 is 9.59 Å². The number of aryl methyl sites for hydroxylation is 1. The molecular formula is C20H24N4O2S. The number of hydrogen-bond acceptors (Lipinski definition) is 3. The summed E-state index contributed by atoms with van der Waals surface area (Å²) in [7, 11) is 1.83.